The van der Waals surface area contributed by atoms with Crippen molar-refractivity contribution < 1.29 is 24.5 Å². The van der Waals surface area contributed by atoms with Crippen LogP contribution < -0.4 is 4.74 Å². The van der Waals surface area contributed by atoms with Crippen LogP contribution >= 0.6 is 0 Å². The summed E-state index contributed by atoms with van der Waals surface area (Å²) >= 11 is 0. The molecule has 7 heteroatoms. The quantitative estimate of drug-likeness (QED) is 0.521. The summed E-state index contributed by atoms with van der Waals surface area (Å²) in [7, 11) is 0. The smallest absolute Gasteiger partial charge is 0.408 e. The highest BCUT2D eigenvalue weighted by atomic mass is 16.5. The van der Waals surface area contributed by atoms with E-state index in [-0.39, 0.29) is 11.9 Å². The molecule has 2 fully saturated rings. The van der Waals surface area contributed by atoms with Gasteiger partial charge in [0.2, 0.25) is 5.91 Å². The van der Waals surface area contributed by atoms with Crippen molar-refractivity contribution in [3.63, 3.8) is 0 Å². The molecule has 2 aromatic rings. The molecule has 0 radical (unpaired) electrons. The number of nitrogens with zero attached hydrogens (tertiary/aromatic N) is 2. The Morgan fingerprint density at radius 1 is 1.05 bits per heavy atom. The molecule has 200 valence electrons. The Bertz CT molecular complexity index is 1060. The fourth-order valence-electron chi connectivity index (χ4n) is 5.96. The minimum atomic E-state index is -1.11. The van der Waals surface area contributed by atoms with Crippen molar-refractivity contribution in [3.05, 3.63) is 65.7 Å². The average Bonchev–Trinajstić information content (AvgIpc) is 3.33. The third kappa shape index (κ3) is 6.27. The van der Waals surface area contributed by atoms with E-state index in [1.807, 2.05) is 75.4 Å². The Morgan fingerprint density at radius 3 is 2.30 bits per heavy atom. The first-order valence-electron chi connectivity index (χ1n) is 13.4. The number of carbonyl (C=O) groups is 2. The summed E-state index contributed by atoms with van der Waals surface area (Å²) < 4.78 is 5.93. The minimum absolute atomic E-state index is 0.121. The predicted octanol–water partition coefficient (Wildman–Crippen LogP) is 5.42. The van der Waals surface area contributed by atoms with Crippen LogP contribution in [0.15, 0.2) is 54.6 Å². The van der Waals surface area contributed by atoms with Gasteiger partial charge in [0.25, 0.3) is 0 Å². The van der Waals surface area contributed by atoms with Crippen LogP contribution in [-0.4, -0.2) is 62.3 Å². The minimum Gasteiger partial charge on any atom is -0.489 e. The molecule has 1 aliphatic heterocycles. The van der Waals surface area contributed by atoms with Gasteiger partial charge in [0, 0.05) is 18.6 Å². The zero-order chi connectivity index (χ0) is 26.6. The zero-order valence-electron chi connectivity index (χ0n) is 22.2. The van der Waals surface area contributed by atoms with E-state index < -0.39 is 23.2 Å². The first kappa shape index (κ1) is 27.0. The van der Waals surface area contributed by atoms with Crippen LogP contribution in [0.1, 0.15) is 76.3 Å². The second-order valence-corrected chi connectivity index (χ2v) is 11.5. The number of rotatable bonds is 7. The summed E-state index contributed by atoms with van der Waals surface area (Å²) in [5.41, 5.74) is 0.170. The fourth-order valence-corrected chi connectivity index (χ4v) is 5.96. The summed E-state index contributed by atoms with van der Waals surface area (Å²) in [5, 5.41) is 21.6. The molecular formula is C30H40N2O5. The summed E-state index contributed by atoms with van der Waals surface area (Å²) in [6.07, 6.45) is 3.61. The van der Waals surface area contributed by atoms with Crippen LogP contribution in [0.4, 0.5) is 4.79 Å². The lowest BCUT2D eigenvalue weighted by Gasteiger charge is -2.41. The van der Waals surface area contributed by atoms with Gasteiger partial charge >= 0.3 is 6.09 Å². The fraction of sp³-hybridized carbons (Fsp3) is 0.533. The van der Waals surface area contributed by atoms with E-state index in [0.29, 0.717) is 44.7 Å². The number of hydrogen-bond acceptors (Lipinski definition) is 4. The molecule has 1 unspecified atom stereocenters. The van der Waals surface area contributed by atoms with Crippen molar-refractivity contribution in [1.29, 1.82) is 0 Å². The van der Waals surface area contributed by atoms with E-state index in [9.17, 15) is 19.8 Å². The topological polar surface area (TPSA) is 90.3 Å². The van der Waals surface area contributed by atoms with Gasteiger partial charge in [0.15, 0.2) is 0 Å². The van der Waals surface area contributed by atoms with Gasteiger partial charge in [0.1, 0.15) is 12.4 Å². The Hall–Kier alpha value is -3.06. The van der Waals surface area contributed by atoms with Crippen molar-refractivity contribution in [2.24, 2.45) is 0 Å². The van der Waals surface area contributed by atoms with E-state index in [1.165, 1.54) is 4.90 Å². The third-order valence-electron chi connectivity index (χ3n) is 7.73. The maximum absolute atomic E-state index is 14.0. The second-order valence-electron chi connectivity index (χ2n) is 11.5. The molecule has 2 aromatic carbocycles. The molecule has 2 atom stereocenters. The Kier molecular flexibility index (Phi) is 8.12. The lowest BCUT2D eigenvalue weighted by Crippen LogP contribution is -2.53. The van der Waals surface area contributed by atoms with Crippen LogP contribution in [0.5, 0.6) is 5.75 Å². The standard InChI is InChI=1S/C30H40N2O5/c1-29(2,3)32(28(34)35)24-16-19-31(20-24)27(33)26(30(36)17-8-5-9-18-30)23-12-14-25(15-13-23)37-21-22-10-6-4-7-11-22/h4,6-7,10-15,24,26,36H,5,8-9,16-21H2,1-3H3,(H,34,35)/t24-,26?/m1/s1. The maximum Gasteiger partial charge on any atom is 0.408 e. The van der Waals surface area contributed by atoms with Gasteiger partial charge in [-0.2, -0.15) is 0 Å². The maximum atomic E-state index is 14.0. The Labute approximate surface area is 220 Å². The molecule has 0 spiro atoms. The highest BCUT2D eigenvalue weighted by Crippen LogP contribution is 2.42. The van der Waals surface area contributed by atoms with E-state index in [1.54, 1.807) is 4.90 Å². The molecular weight excluding hydrogens is 468 g/mol. The number of ether oxygens (including phenoxy) is 1. The first-order chi connectivity index (χ1) is 17.6. The van der Waals surface area contributed by atoms with Crippen LogP contribution in [0.25, 0.3) is 0 Å². The molecule has 0 bridgehead atoms. The number of carboxylic acid groups (broad SMARTS) is 1. The van der Waals surface area contributed by atoms with Crippen molar-refractivity contribution in [3.8, 4) is 5.75 Å². The summed E-state index contributed by atoms with van der Waals surface area (Å²) in [4.78, 5) is 29.2. The second kappa shape index (κ2) is 11.1. The number of amides is 2. The van der Waals surface area contributed by atoms with Gasteiger partial charge in [-0.1, -0.05) is 61.7 Å². The molecule has 2 aliphatic rings. The van der Waals surface area contributed by atoms with E-state index in [0.717, 1.165) is 30.4 Å². The predicted molar refractivity (Wildman–Crippen MR) is 143 cm³/mol. The first-order valence-corrected chi connectivity index (χ1v) is 13.4. The molecule has 1 heterocycles. The highest BCUT2D eigenvalue weighted by Gasteiger charge is 2.47. The number of hydrogen-bond donors (Lipinski definition) is 2. The van der Waals surface area contributed by atoms with Crippen LogP contribution in [-0.2, 0) is 11.4 Å². The number of benzene rings is 2. The summed E-state index contributed by atoms with van der Waals surface area (Å²) in [6, 6.07) is 17.2. The molecule has 4 rings (SSSR count). The van der Waals surface area contributed by atoms with Gasteiger partial charge in [0.05, 0.1) is 17.6 Å². The highest BCUT2D eigenvalue weighted by molar-refractivity contribution is 5.85. The molecule has 37 heavy (non-hydrogen) atoms. The molecule has 1 aliphatic carbocycles. The monoisotopic (exact) mass is 508 g/mol. The molecule has 7 nitrogen and oxygen atoms in total. The van der Waals surface area contributed by atoms with Crippen molar-refractivity contribution in [2.45, 2.75) is 89.0 Å². The third-order valence-corrected chi connectivity index (χ3v) is 7.73. The normalized spacial score (nSPS) is 20.3. The number of carbonyl (C=O) groups excluding carboxylic acids is 1. The van der Waals surface area contributed by atoms with Gasteiger partial charge in [-0.15, -0.1) is 0 Å². The van der Waals surface area contributed by atoms with E-state index in [4.69, 9.17) is 4.74 Å². The van der Waals surface area contributed by atoms with Crippen LogP contribution in [0, 0.1) is 0 Å². The number of likely N-dealkylation sites (tertiary alicyclic amines) is 1. The van der Waals surface area contributed by atoms with Gasteiger partial charge in [-0.25, -0.2) is 4.79 Å². The van der Waals surface area contributed by atoms with Crippen molar-refractivity contribution in [2.75, 3.05) is 13.1 Å². The average molecular weight is 509 g/mol. The summed E-state index contributed by atoms with van der Waals surface area (Å²) in [6.45, 7) is 6.90. The molecule has 1 saturated carbocycles. The number of aliphatic hydroxyl groups is 1. The van der Waals surface area contributed by atoms with Crippen molar-refractivity contribution >= 4 is 12.0 Å². The Morgan fingerprint density at radius 2 is 1.70 bits per heavy atom. The lowest BCUT2D eigenvalue weighted by atomic mass is 9.72. The van der Waals surface area contributed by atoms with Gasteiger partial charge < -0.3 is 19.8 Å². The van der Waals surface area contributed by atoms with E-state index in [2.05, 4.69) is 0 Å². The van der Waals surface area contributed by atoms with Crippen LogP contribution in [0.3, 0.4) is 0 Å². The molecule has 2 N–H and O–H groups in total. The SMILES string of the molecule is CC(C)(C)N(C(=O)O)[C@@H]1CCN(C(=O)C(c2ccc(OCc3ccccc3)cc2)C2(O)CCCCC2)C1. The molecule has 1 saturated heterocycles. The van der Waals surface area contributed by atoms with Crippen LogP contribution in [0.2, 0.25) is 0 Å². The molecule has 2 amide bonds. The molecule has 0 aromatic heterocycles. The van der Waals surface area contributed by atoms with Gasteiger partial charge in [-0.3, -0.25) is 9.69 Å². The zero-order valence-corrected chi connectivity index (χ0v) is 22.2. The lowest BCUT2D eigenvalue weighted by molar-refractivity contribution is -0.140. The van der Waals surface area contributed by atoms with Crippen molar-refractivity contribution in [1.82, 2.24) is 9.80 Å². The van der Waals surface area contributed by atoms with E-state index >= 15 is 0 Å². The van der Waals surface area contributed by atoms with Gasteiger partial charge in [-0.05, 0) is 63.3 Å². The Balaban J connectivity index is 1.54. The largest absolute Gasteiger partial charge is 0.489 e. The summed E-state index contributed by atoms with van der Waals surface area (Å²) in [5.74, 6) is -0.107.